The number of benzene rings is 2. The van der Waals surface area contributed by atoms with Crippen molar-refractivity contribution in [3.05, 3.63) is 83.1 Å². The molecular formula is C28H32N2O2. The summed E-state index contributed by atoms with van der Waals surface area (Å²) in [5, 5.41) is 10.6. The van der Waals surface area contributed by atoms with Gasteiger partial charge in [-0.2, -0.15) is 0 Å². The number of fused-ring (bicyclic) bond motifs is 1. The van der Waals surface area contributed by atoms with Gasteiger partial charge in [0.05, 0.1) is 5.56 Å². The van der Waals surface area contributed by atoms with Crippen molar-refractivity contribution in [3.8, 4) is 0 Å². The maximum atomic E-state index is 11.3. The standard InChI is InChI=1S/C28H32N2O2/c1-3-4-23-15-18(2)27-24(11-13-29-27)25(23)17-30-14-12-22(19-5-6-19)16-26(30)20-7-9-21(10-8-20)28(31)32/h3,7-11,13,15,19,22,26,29H,1,4-6,12,14,16-17H2,2H3,(H,31,32)/t22?,26-/m0/s1. The molecular weight excluding hydrogens is 396 g/mol. The lowest BCUT2D eigenvalue weighted by Crippen LogP contribution is -2.37. The van der Waals surface area contributed by atoms with Crippen molar-refractivity contribution >= 4 is 16.9 Å². The van der Waals surface area contributed by atoms with Gasteiger partial charge in [-0.15, -0.1) is 6.58 Å². The first-order chi connectivity index (χ1) is 15.5. The molecule has 5 rings (SSSR count). The van der Waals surface area contributed by atoms with Gasteiger partial charge in [0.1, 0.15) is 0 Å². The molecule has 4 nitrogen and oxygen atoms in total. The van der Waals surface area contributed by atoms with E-state index in [1.54, 1.807) is 12.1 Å². The summed E-state index contributed by atoms with van der Waals surface area (Å²) >= 11 is 0. The van der Waals surface area contributed by atoms with Crippen molar-refractivity contribution in [2.24, 2.45) is 11.8 Å². The Morgan fingerprint density at radius 2 is 1.97 bits per heavy atom. The number of likely N-dealkylation sites (tertiary alicyclic amines) is 1. The molecule has 1 aromatic heterocycles. The van der Waals surface area contributed by atoms with Crippen LogP contribution in [0.25, 0.3) is 10.9 Å². The van der Waals surface area contributed by atoms with Gasteiger partial charge in [-0.3, -0.25) is 4.90 Å². The smallest absolute Gasteiger partial charge is 0.335 e. The first-order valence-corrected chi connectivity index (χ1v) is 11.8. The van der Waals surface area contributed by atoms with Gasteiger partial charge in [0.2, 0.25) is 0 Å². The van der Waals surface area contributed by atoms with Crippen LogP contribution in [0.4, 0.5) is 0 Å². The highest BCUT2D eigenvalue weighted by molar-refractivity contribution is 5.88. The van der Waals surface area contributed by atoms with Crippen LogP contribution in [-0.4, -0.2) is 27.5 Å². The molecule has 1 saturated carbocycles. The number of nitrogens with one attached hydrogen (secondary N) is 1. The van der Waals surface area contributed by atoms with E-state index in [-0.39, 0.29) is 0 Å². The van der Waals surface area contributed by atoms with E-state index in [9.17, 15) is 9.90 Å². The summed E-state index contributed by atoms with van der Waals surface area (Å²) in [5.41, 5.74) is 6.85. The summed E-state index contributed by atoms with van der Waals surface area (Å²) in [6.07, 6.45) is 10.1. The minimum atomic E-state index is -0.864. The highest BCUT2D eigenvalue weighted by atomic mass is 16.4. The summed E-state index contributed by atoms with van der Waals surface area (Å²) in [5.74, 6) is 0.815. The van der Waals surface area contributed by atoms with Gasteiger partial charge in [0.15, 0.2) is 0 Å². The molecule has 0 bridgehead atoms. The van der Waals surface area contributed by atoms with Crippen LogP contribution in [0.15, 0.2) is 55.3 Å². The summed E-state index contributed by atoms with van der Waals surface area (Å²) in [6, 6.07) is 12.4. The van der Waals surface area contributed by atoms with Crippen molar-refractivity contribution in [2.45, 2.75) is 51.6 Å². The van der Waals surface area contributed by atoms with Crippen molar-refractivity contribution in [1.29, 1.82) is 0 Å². The van der Waals surface area contributed by atoms with Gasteiger partial charge in [0.25, 0.3) is 0 Å². The maximum absolute atomic E-state index is 11.3. The largest absolute Gasteiger partial charge is 0.478 e. The number of hydrogen-bond acceptors (Lipinski definition) is 2. The van der Waals surface area contributed by atoms with Crippen molar-refractivity contribution in [1.82, 2.24) is 9.88 Å². The number of hydrogen-bond donors (Lipinski definition) is 2. The Balaban J connectivity index is 1.50. The number of aryl methyl sites for hydroxylation is 1. The first kappa shape index (κ1) is 21.0. The second-order valence-corrected chi connectivity index (χ2v) is 9.63. The summed E-state index contributed by atoms with van der Waals surface area (Å²) in [6.45, 7) is 8.15. The van der Waals surface area contributed by atoms with E-state index in [4.69, 9.17) is 0 Å². The van der Waals surface area contributed by atoms with Gasteiger partial charge < -0.3 is 10.1 Å². The van der Waals surface area contributed by atoms with Crippen molar-refractivity contribution in [3.63, 3.8) is 0 Å². The predicted molar refractivity (Wildman–Crippen MR) is 129 cm³/mol. The number of rotatable bonds is 7. The minimum Gasteiger partial charge on any atom is -0.478 e. The molecule has 3 aromatic rings. The summed E-state index contributed by atoms with van der Waals surface area (Å²) in [4.78, 5) is 17.4. The Hall–Kier alpha value is -2.85. The lowest BCUT2D eigenvalue weighted by molar-refractivity contribution is 0.0696. The van der Waals surface area contributed by atoms with E-state index < -0.39 is 5.97 Å². The van der Waals surface area contributed by atoms with Gasteiger partial charge in [-0.1, -0.05) is 24.3 Å². The van der Waals surface area contributed by atoms with Gasteiger partial charge in [-0.25, -0.2) is 4.79 Å². The van der Waals surface area contributed by atoms with Gasteiger partial charge in [0, 0.05) is 29.7 Å². The number of carbonyl (C=O) groups is 1. The average Bonchev–Trinajstić information content (AvgIpc) is 3.52. The Labute approximate surface area is 190 Å². The molecule has 1 aliphatic carbocycles. The SMILES string of the molecule is C=CCc1cc(C)c2[nH]ccc2c1CN1CCC(C2CC2)C[C@H]1c1ccc(C(=O)O)cc1. The molecule has 32 heavy (non-hydrogen) atoms. The number of piperidine rings is 1. The third-order valence-electron chi connectivity index (χ3n) is 7.56. The first-order valence-electron chi connectivity index (χ1n) is 11.8. The summed E-state index contributed by atoms with van der Waals surface area (Å²) in [7, 11) is 0. The van der Waals surface area contributed by atoms with E-state index in [0.717, 1.165) is 37.8 Å². The molecule has 0 spiro atoms. The van der Waals surface area contributed by atoms with Crippen LogP contribution in [0, 0.1) is 18.8 Å². The molecule has 2 atom stereocenters. The number of carboxylic acid groups (broad SMARTS) is 1. The lowest BCUT2D eigenvalue weighted by Gasteiger charge is -2.40. The Morgan fingerprint density at radius 1 is 1.19 bits per heavy atom. The molecule has 2 N–H and O–H groups in total. The van der Waals surface area contributed by atoms with E-state index in [1.807, 2.05) is 24.4 Å². The highest BCUT2D eigenvalue weighted by Gasteiger charge is 2.38. The fourth-order valence-electron chi connectivity index (χ4n) is 5.69. The molecule has 2 aromatic carbocycles. The van der Waals surface area contributed by atoms with Crippen LogP contribution in [0.1, 0.15) is 64.3 Å². The van der Waals surface area contributed by atoms with Crippen LogP contribution in [-0.2, 0) is 13.0 Å². The Kier molecular flexibility index (Phi) is 5.64. The molecule has 2 aliphatic rings. The molecule has 2 fully saturated rings. The minimum absolute atomic E-state index is 0.323. The molecule has 2 heterocycles. The number of carboxylic acids is 1. The topological polar surface area (TPSA) is 56.3 Å². The summed E-state index contributed by atoms with van der Waals surface area (Å²) < 4.78 is 0. The van der Waals surface area contributed by atoms with E-state index in [2.05, 4.69) is 35.5 Å². The number of nitrogens with zero attached hydrogens (tertiary/aromatic N) is 1. The highest BCUT2D eigenvalue weighted by Crippen LogP contribution is 2.47. The van der Waals surface area contributed by atoms with Gasteiger partial charge in [-0.05, 0) is 97.9 Å². The normalized spacial score (nSPS) is 21.7. The van der Waals surface area contributed by atoms with E-state index in [0.29, 0.717) is 11.6 Å². The molecule has 0 radical (unpaired) electrons. The third-order valence-corrected chi connectivity index (χ3v) is 7.56. The Morgan fingerprint density at radius 3 is 2.66 bits per heavy atom. The number of H-pyrrole nitrogens is 1. The van der Waals surface area contributed by atoms with Crippen LogP contribution in [0.3, 0.4) is 0 Å². The fraction of sp³-hybridized carbons (Fsp3) is 0.393. The second kappa shape index (κ2) is 8.59. The van der Waals surface area contributed by atoms with Crippen molar-refractivity contribution in [2.75, 3.05) is 6.54 Å². The van der Waals surface area contributed by atoms with Crippen LogP contribution < -0.4 is 0 Å². The second-order valence-electron chi connectivity index (χ2n) is 9.63. The number of aromatic carboxylic acids is 1. The van der Waals surface area contributed by atoms with Gasteiger partial charge >= 0.3 is 5.97 Å². The number of aromatic amines is 1. The molecule has 1 unspecified atom stereocenters. The molecule has 0 amide bonds. The number of allylic oxidation sites excluding steroid dienone is 1. The van der Waals surface area contributed by atoms with E-state index in [1.165, 1.54) is 52.4 Å². The predicted octanol–water partition coefficient (Wildman–Crippen LogP) is 6.27. The lowest BCUT2D eigenvalue weighted by atomic mass is 9.83. The maximum Gasteiger partial charge on any atom is 0.335 e. The third kappa shape index (κ3) is 4.00. The number of aromatic nitrogens is 1. The molecule has 1 aliphatic heterocycles. The zero-order chi connectivity index (χ0) is 22.2. The van der Waals surface area contributed by atoms with E-state index >= 15 is 0 Å². The monoisotopic (exact) mass is 428 g/mol. The van der Waals surface area contributed by atoms with Crippen LogP contribution in [0.5, 0.6) is 0 Å². The Bertz CT molecular complexity index is 1140. The molecule has 4 heteroatoms. The van der Waals surface area contributed by atoms with Crippen molar-refractivity contribution < 1.29 is 9.90 Å². The molecule has 1 saturated heterocycles. The quantitative estimate of drug-likeness (QED) is 0.436. The van der Waals surface area contributed by atoms with Crippen LogP contribution in [0.2, 0.25) is 0 Å². The molecule has 166 valence electrons. The zero-order valence-electron chi connectivity index (χ0n) is 18.8. The zero-order valence-corrected chi connectivity index (χ0v) is 18.8. The van der Waals surface area contributed by atoms with Crippen LogP contribution >= 0.6 is 0 Å². The average molecular weight is 429 g/mol. The fourth-order valence-corrected chi connectivity index (χ4v) is 5.69.